The van der Waals surface area contributed by atoms with Gasteiger partial charge in [-0.05, 0) is 25.1 Å². The molecular weight excluding hydrogens is 687 g/mol. The second-order valence-electron chi connectivity index (χ2n) is 12.6. The number of nitrogens with zero attached hydrogens (tertiary/aromatic N) is 2. The molecule has 0 N–H and O–H groups in total. The van der Waals surface area contributed by atoms with Crippen molar-refractivity contribution in [1.29, 1.82) is 0 Å². The van der Waals surface area contributed by atoms with Crippen LogP contribution in [0.3, 0.4) is 0 Å². The van der Waals surface area contributed by atoms with Crippen LogP contribution in [0.1, 0.15) is 64.7 Å². The Bertz CT molecular complexity index is 1620. The van der Waals surface area contributed by atoms with Crippen molar-refractivity contribution in [2.24, 2.45) is 11.0 Å². The fourth-order valence-electron chi connectivity index (χ4n) is 6.87. The van der Waals surface area contributed by atoms with E-state index >= 15 is 0 Å². The van der Waals surface area contributed by atoms with Gasteiger partial charge >= 0.3 is 196 Å². The Balaban J connectivity index is 0.00000500. The molecule has 0 saturated heterocycles. The number of sulfone groups is 1. The van der Waals surface area contributed by atoms with Gasteiger partial charge in [-0.3, -0.25) is 4.79 Å². The Morgan fingerprint density at radius 1 is 0.660 bits per heavy atom. The molecule has 0 bridgehead atoms. The van der Waals surface area contributed by atoms with Gasteiger partial charge in [0.1, 0.15) is 0 Å². The molecule has 0 aliphatic carbocycles. The number of hydrazone groups is 1. The molecule has 8 heteroatoms. The second-order valence-corrected chi connectivity index (χ2v) is 18.6. The number of carbonyl (C=O) groups is 1. The molecule has 1 aliphatic heterocycles. The Hall–Kier alpha value is -3.12. The van der Waals surface area contributed by atoms with E-state index in [2.05, 4.69) is 96.1 Å². The van der Waals surface area contributed by atoms with Gasteiger partial charge in [-0.15, -0.1) is 17.0 Å². The number of anilines is 1. The van der Waals surface area contributed by atoms with Crippen molar-refractivity contribution in [2.45, 2.75) is 69.6 Å². The molecule has 0 saturated carbocycles. The van der Waals surface area contributed by atoms with E-state index < -0.39 is 17.1 Å². The van der Waals surface area contributed by atoms with Gasteiger partial charge in [-0.2, -0.15) is 5.10 Å². The molecule has 0 fully saturated rings. The number of unbranched alkanes of at least 4 members (excludes halogenated alkanes) is 7. The van der Waals surface area contributed by atoms with Gasteiger partial charge in [0.05, 0.1) is 10.6 Å². The number of carbonyl (C=O) groups excluding carboxylic acids is 1. The summed E-state index contributed by atoms with van der Waals surface area (Å²) in [6.07, 6.45) is 12.6. The van der Waals surface area contributed by atoms with E-state index in [1.54, 1.807) is 18.2 Å². The third-order valence-corrected chi connectivity index (χ3v) is 15.5. The Kier molecular flexibility index (Phi) is 13.5. The van der Waals surface area contributed by atoms with E-state index in [0.717, 1.165) is 25.0 Å². The van der Waals surface area contributed by atoms with Gasteiger partial charge in [0.2, 0.25) is 0 Å². The monoisotopic (exact) mass is 734 g/mol. The van der Waals surface area contributed by atoms with E-state index in [9.17, 15) is 13.2 Å². The van der Waals surface area contributed by atoms with Gasteiger partial charge in [0.15, 0.2) is 9.84 Å². The molecule has 0 spiro atoms. The molecule has 250 valence electrons. The molecule has 1 unspecified atom stereocenters. The second kappa shape index (κ2) is 17.3. The van der Waals surface area contributed by atoms with E-state index in [0.29, 0.717) is 5.69 Å². The fraction of sp³-hybridized carbons (Fsp3) is 0.333. The molecule has 0 aromatic heterocycles. The van der Waals surface area contributed by atoms with Crippen LogP contribution in [0, 0.1) is 5.92 Å². The summed E-state index contributed by atoms with van der Waals surface area (Å²) in [5.74, 6) is -0.297. The number of halogens is 1. The summed E-state index contributed by atoms with van der Waals surface area (Å²) in [6.45, 7) is 1.90. The van der Waals surface area contributed by atoms with Crippen LogP contribution in [0.5, 0.6) is 0 Å². The molecule has 5 rings (SSSR count). The predicted molar refractivity (Wildman–Crippen MR) is 207 cm³/mol. The van der Waals surface area contributed by atoms with Crippen molar-refractivity contribution >= 4 is 67.3 Å². The van der Waals surface area contributed by atoms with E-state index in [4.69, 9.17) is 0 Å². The first-order valence-electron chi connectivity index (χ1n) is 16.7. The van der Waals surface area contributed by atoms with E-state index in [1.165, 1.54) is 77.9 Å². The van der Waals surface area contributed by atoms with Crippen molar-refractivity contribution < 1.29 is 13.2 Å². The number of benzene rings is 4. The summed E-state index contributed by atoms with van der Waals surface area (Å²) in [4.78, 5) is 13.3. The number of hydrogen-bond donors (Lipinski definition) is 0. The zero-order valence-electron chi connectivity index (χ0n) is 27.6. The molecule has 0 radical (unpaired) electrons. The quantitative estimate of drug-likeness (QED) is 0.0861. The molecule has 1 aliphatic rings. The maximum absolute atomic E-state index is 13.2. The van der Waals surface area contributed by atoms with Gasteiger partial charge in [-0.25, -0.2) is 13.4 Å². The average Bonchev–Trinajstić information content (AvgIpc) is 3.37. The van der Waals surface area contributed by atoms with Crippen LogP contribution in [-0.4, -0.2) is 32.5 Å². The van der Waals surface area contributed by atoms with Gasteiger partial charge in [-0.1, -0.05) is 6.07 Å². The predicted octanol–water partition coefficient (Wildman–Crippen LogP) is 8.24. The average molecular weight is 736 g/mol. The van der Waals surface area contributed by atoms with Crippen LogP contribution in [0.25, 0.3) is 0 Å². The normalized spacial score (nSPS) is 15.3. The minimum absolute atomic E-state index is 0. The number of rotatable bonds is 16. The van der Waals surface area contributed by atoms with Crippen molar-refractivity contribution in [3.63, 3.8) is 0 Å². The summed E-state index contributed by atoms with van der Waals surface area (Å²) in [5, 5.41) is 10.3. The van der Waals surface area contributed by atoms with E-state index in [1.807, 2.05) is 6.92 Å². The summed E-state index contributed by atoms with van der Waals surface area (Å²) in [7, 11) is -5.50. The molecular formula is C39H48BrN2O3PS. The van der Waals surface area contributed by atoms with Crippen molar-refractivity contribution in [2.75, 3.05) is 17.4 Å². The van der Waals surface area contributed by atoms with Crippen LogP contribution in [0.15, 0.2) is 125 Å². The van der Waals surface area contributed by atoms with E-state index in [-0.39, 0.29) is 33.7 Å². The van der Waals surface area contributed by atoms with Crippen molar-refractivity contribution in [1.82, 2.24) is 0 Å². The third kappa shape index (κ3) is 9.07. The van der Waals surface area contributed by atoms with Gasteiger partial charge < -0.3 is 0 Å². The Morgan fingerprint density at radius 3 is 1.62 bits per heavy atom. The summed E-state index contributed by atoms with van der Waals surface area (Å²) >= 11 is 0. The Morgan fingerprint density at radius 2 is 1.13 bits per heavy atom. The van der Waals surface area contributed by atoms with Crippen LogP contribution >= 0.6 is 24.2 Å². The molecule has 5 nitrogen and oxygen atoms in total. The van der Waals surface area contributed by atoms with Crippen LogP contribution in [-0.2, 0) is 14.6 Å². The molecule has 1 amide bonds. The molecule has 1 heterocycles. The molecule has 47 heavy (non-hydrogen) atoms. The maximum atomic E-state index is 13.2. The van der Waals surface area contributed by atoms with Crippen molar-refractivity contribution in [3.05, 3.63) is 115 Å². The summed E-state index contributed by atoms with van der Waals surface area (Å²) in [6, 6.07) is 40.0. The SMILES string of the molecule is Br.CC1=NN(c2cccc(S(C)(=O)=O)c2)C(=O)C1CCCCCCCCCC[PH](c1ccccc1)(c1ccccc1)c1ccccc1. The third-order valence-electron chi connectivity index (χ3n) is 9.35. The van der Waals surface area contributed by atoms with Crippen LogP contribution in [0.2, 0.25) is 0 Å². The molecule has 4 aromatic rings. The molecule has 1 atom stereocenters. The first kappa shape index (κ1) is 36.7. The van der Waals surface area contributed by atoms with Gasteiger partial charge in [0.25, 0.3) is 0 Å². The first-order chi connectivity index (χ1) is 22.3. The zero-order chi connectivity index (χ0) is 32.4. The fourth-order valence-corrected chi connectivity index (χ4v) is 12.5. The first-order valence-corrected chi connectivity index (χ1v) is 20.8. The summed E-state index contributed by atoms with van der Waals surface area (Å²) < 4.78 is 23.9. The van der Waals surface area contributed by atoms with Gasteiger partial charge in [0, 0.05) is 6.26 Å². The van der Waals surface area contributed by atoms with Crippen LogP contribution < -0.4 is 20.9 Å². The topological polar surface area (TPSA) is 66.8 Å². The molecule has 4 aromatic carbocycles. The zero-order valence-corrected chi connectivity index (χ0v) is 31.1. The van der Waals surface area contributed by atoms with Crippen molar-refractivity contribution in [3.8, 4) is 0 Å². The Labute approximate surface area is 292 Å². The summed E-state index contributed by atoms with van der Waals surface area (Å²) in [5.41, 5.74) is 1.31. The number of hydrogen-bond acceptors (Lipinski definition) is 4. The number of amides is 1. The van der Waals surface area contributed by atoms with Crippen LogP contribution in [0.4, 0.5) is 5.69 Å². The minimum atomic E-state index is -3.36. The standard InChI is InChI=1S/C39H47N2O3PS.BrH/c1-32-38(39(42)41(40-32)33-21-20-28-37(31-33)46(2,43)44)29-18-7-5-3-4-6-8-19-30-45(34-22-12-9-13-23-34,35-24-14-10-15-25-35)36-26-16-11-17-27-36;/h9-17,20-28,31,38,45H,3-8,18-19,29-30H2,1-2H3;1H.